The van der Waals surface area contributed by atoms with E-state index < -0.39 is 10.0 Å². The van der Waals surface area contributed by atoms with Crippen LogP contribution in [-0.2, 0) is 10.0 Å². The number of fused-ring (bicyclic) bond motifs is 2. The minimum Gasteiger partial charge on any atom is -0.490 e. The molecule has 8 heteroatoms. The van der Waals surface area contributed by atoms with Gasteiger partial charge in [-0.1, -0.05) is 19.3 Å². The molecular weight excluding hydrogens is 440 g/mol. The van der Waals surface area contributed by atoms with Crippen molar-refractivity contribution >= 4 is 21.6 Å². The number of benzene rings is 2. The number of anilines is 1. The van der Waals surface area contributed by atoms with Crippen molar-refractivity contribution in [3.05, 3.63) is 48.0 Å². The second kappa shape index (κ2) is 9.25. The summed E-state index contributed by atoms with van der Waals surface area (Å²) in [6, 6.07) is 11.3. The molecule has 33 heavy (non-hydrogen) atoms. The first-order valence-electron chi connectivity index (χ1n) is 11.8. The summed E-state index contributed by atoms with van der Waals surface area (Å²) in [4.78, 5) is 15.1. The summed E-state index contributed by atoms with van der Waals surface area (Å²) in [6.07, 6.45) is 6.93. The van der Waals surface area contributed by atoms with E-state index in [4.69, 9.17) is 9.47 Å². The second-order valence-electron chi connectivity index (χ2n) is 9.19. The van der Waals surface area contributed by atoms with Crippen LogP contribution in [0.3, 0.4) is 0 Å². The van der Waals surface area contributed by atoms with Crippen molar-refractivity contribution in [1.82, 2.24) is 4.90 Å². The SMILES string of the molecule is O=C(c1ccc(NS(=O)(=O)c2ccc3c(c2)OCCCO3)cc1)N1CC[C@H]2CCCC[C@@H]2C1. The van der Waals surface area contributed by atoms with Crippen molar-refractivity contribution in [2.45, 2.75) is 43.4 Å². The zero-order valence-electron chi connectivity index (χ0n) is 18.7. The molecule has 1 N–H and O–H groups in total. The largest absolute Gasteiger partial charge is 0.490 e. The smallest absolute Gasteiger partial charge is 0.262 e. The van der Waals surface area contributed by atoms with E-state index in [1.807, 2.05) is 4.90 Å². The Kier molecular flexibility index (Phi) is 6.19. The molecule has 0 spiro atoms. The third-order valence-corrected chi connectivity index (χ3v) is 8.37. The van der Waals surface area contributed by atoms with E-state index in [-0.39, 0.29) is 10.8 Å². The van der Waals surface area contributed by atoms with Crippen molar-refractivity contribution in [3.63, 3.8) is 0 Å². The van der Waals surface area contributed by atoms with Gasteiger partial charge in [-0.25, -0.2) is 8.42 Å². The predicted molar refractivity (Wildman–Crippen MR) is 125 cm³/mol. The molecule has 0 radical (unpaired) electrons. The van der Waals surface area contributed by atoms with Crippen LogP contribution in [0.2, 0.25) is 0 Å². The molecule has 2 aromatic carbocycles. The van der Waals surface area contributed by atoms with Gasteiger partial charge in [0.2, 0.25) is 0 Å². The molecular formula is C25H30N2O5S. The highest BCUT2D eigenvalue weighted by molar-refractivity contribution is 7.92. The molecule has 2 fully saturated rings. The maximum absolute atomic E-state index is 13.0. The molecule has 0 bridgehead atoms. The quantitative estimate of drug-likeness (QED) is 0.720. The van der Waals surface area contributed by atoms with Crippen LogP contribution < -0.4 is 14.2 Å². The zero-order chi connectivity index (χ0) is 22.8. The number of piperidine rings is 1. The Morgan fingerprint density at radius 2 is 1.61 bits per heavy atom. The molecule has 2 atom stereocenters. The number of carbonyl (C=O) groups is 1. The van der Waals surface area contributed by atoms with Gasteiger partial charge in [-0.2, -0.15) is 0 Å². The summed E-state index contributed by atoms with van der Waals surface area (Å²) >= 11 is 0. The molecule has 0 aromatic heterocycles. The van der Waals surface area contributed by atoms with Crippen molar-refractivity contribution in [2.75, 3.05) is 31.0 Å². The molecule has 1 aliphatic carbocycles. The van der Waals surface area contributed by atoms with Crippen molar-refractivity contribution in [2.24, 2.45) is 11.8 Å². The van der Waals surface area contributed by atoms with Crippen LogP contribution in [0.15, 0.2) is 47.4 Å². The monoisotopic (exact) mass is 470 g/mol. The minimum atomic E-state index is -3.81. The number of sulfonamides is 1. The summed E-state index contributed by atoms with van der Waals surface area (Å²) < 4.78 is 39.6. The van der Waals surface area contributed by atoms with E-state index in [2.05, 4.69) is 4.72 Å². The van der Waals surface area contributed by atoms with Gasteiger partial charge < -0.3 is 14.4 Å². The number of amides is 1. The minimum absolute atomic E-state index is 0.0244. The van der Waals surface area contributed by atoms with Gasteiger partial charge in [0.15, 0.2) is 11.5 Å². The van der Waals surface area contributed by atoms with Gasteiger partial charge in [0.05, 0.1) is 18.1 Å². The van der Waals surface area contributed by atoms with Crippen LogP contribution in [-0.4, -0.2) is 45.5 Å². The molecule has 7 nitrogen and oxygen atoms in total. The van der Waals surface area contributed by atoms with Gasteiger partial charge in [-0.3, -0.25) is 9.52 Å². The molecule has 2 heterocycles. The molecule has 2 aromatic rings. The van der Waals surface area contributed by atoms with E-state index >= 15 is 0 Å². The second-order valence-corrected chi connectivity index (χ2v) is 10.9. The molecule has 1 saturated carbocycles. The molecule has 1 saturated heterocycles. The van der Waals surface area contributed by atoms with E-state index in [1.165, 1.54) is 37.8 Å². The first-order valence-corrected chi connectivity index (χ1v) is 13.3. The van der Waals surface area contributed by atoms with Gasteiger partial charge in [0.1, 0.15) is 0 Å². The number of rotatable bonds is 4. The number of hydrogen-bond donors (Lipinski definition) is 1. The van der Waals surface area contributed by atoms with Crippen molar-refractivity contribution in [1.29, 1.82) is 0 Å². The summed E-state index contributed by atoms with van der Waals surface area (Å²) in [5.41, 5.74) is 0.993. The van der Waals surface area contributed by atoms with Crippen molar-refractivity contribution in [3.8, 4) is 11.5 Å². The summed E-state index contributed by atoms with van der Waals surface area (Å²) in [5, 5.41) is 0. The lowest BCUT2D eigenvalue weighted by Crippen LogP contribution is -2.44. The average Bonchev–Trinajstić information content (AvgIpc) is 3.08. The van der Waals surface area contributed by atoms with Gasteiger partial charge in [0.25, 0.3) is 15.9 Å². The number of nitrogens with zero attached hydrogens (tertiary/aromatic N) is 1. The van der Waals surface area contributed by atoms with Gasteiger partial charge in [0, 0.05) is 36.8 Å². The predicted octanol–water partition coefficient (Wildman–Crippen LogP) is 4.30. The maximum Gasteiger partial charge on any atom is 0.262 e. The summed E-state index contributed by atoms with van der Waals surface area (Å²) in [6.45, 7) is 2.67. The van der Waals surface area contributed by atoms with Crippen molar-refractivity contribution < 1.29 is 22.7 Å². The zero-order valence-corrected chi connectivity index (χ0v) is 19.5. The van der Waals surface area contributed by atoms with Crippen LogP contribution in [0.1, 0.15) is 48.9 Å². The number of ether oxygens (including phenoxy) is 2. The molecule has 5 rings (SSSR count). The maximum atomic E-state index is 13.0. The van der Waals surface area contributed by atoms with E-state index in [1.54, 1.807) is 30.3 Å². The Balaban J connectivity index is 1.26. The number of nitrogens with one attached hydrogen (secondary N) is 1. The molecule has 0 unspecified atom stereocenters. The van der Waals surface area contributed by atoms with E-state index in [0.717, 1.165) is 31.8 Å². The lowest BCUT2D eigenvalue weighted by Gasteiger charge is -2.41. The fourth-order valence-corrected chi connectivity index (χ4v) is 6.25. The standard InChI is InChI=1S/C25H30N2O5S/c28-25(27-13-12-18-4-1-2-5-20(18)17-27)19-6-8-21(9-7-19)26-33(29,30)22-10-11-23-24(16-22)32-15-3-14-31-23/h6-11,16,18,20,26H,1-5,12-15,17H2/t18-,20-/m1/s1. The number of carbonyl (C=O) groups excluding carboxylic acids is 1. The summed E-state index contributed by atoms with van der Waals surface area (Å²) in [5.74, 6) is 2.39. The Hall–Kier alpha value is -2.74. The molecule has 3 aliphatic rings. The fraction of sp³-hybridized carbons (Fsp3) is 0.480. The molecule has 2 aliphatic heterocycles. The highest BCUT2D eigenvalue weighted by Gasteiger charge is 2.33. The topological polar surface area (TPSA) is 84.9 Å². The average molecular weight is 471 g/mol. The van der Waals surface area contributed by atoms with Gasteiger partial charge >= 0.3 is 0 Å². The first kappa shape index (κ1) is 22.1. The Morgan fingerprint density at radius 3 is 2.39 bits per heavy atom. The Labute approximate surface area is 195 Å². The van der Waals surface area contributed by atoms with Crippen LogP contribution in [0.5, 0.6) is 11.5 Å². The Morgan fingerprint density at radius 1 is 0.879 bits per heavy atom. The molecule has 176 valence electrons. The van der Waals surface area contributed by atoms with Gasteiger partial charge in [-0.05, 0) is 61.1 Å². The lowest BCUT2D eigenvalue weighted by molar-refractivity contribution is 0.0521. The van der Waals surface area contributed by atoms with Crippen LogP contribution in [0.4, 0.5) is 5.69 Å². The van der Waals surface area contributed by atoms with Crippen LogP contribution in [0, 0.1) is 11.8 Å². The third kappa shape index (κ3) is 4.81. The van der Waals surface area contributed by atoms with E-state index in [9.17, 15) is 13.2 Å². The third-order valence-electron chi connectivity index (χ3n) is 6.99. The number of hydrogen-bond acceptors (Lipinski definition) is 5. The highest BCUT2D eigenvalue weighted by Crippen LogP contribution is 2.36. The number of likely N-dealkylation sites (tertiary alicyclic amines) is 1. The molecule has 1 amide bonds. The highest BCUT2D eigenvalue weighted by atomic mass is 32.2. The van der Waals surface area contributed by atoms with Crippen LogP contribution >= 0.6 is 0 Å². The Bertz CT molecular complexity index is 1120. The first-order chi connectivity index (χ1) is 16.0. The lowest BCUT2D eigenvalue weighted by atomic mass is 9.75. The van der Waals surface area contributed by atoms with E-state index in [0.29, 0.717) is 41.9 Å². The normalized spacial score (nSPS) is 22.7. The van der Waals surface area contributed by atoms with Gasteiger partial charge in [-0.15, -0.1) is 0 Å². The van der Waals surface area contributed by atoms with Crippen LogP contribution in [0.25, 0.3) is 0 Å². The fourth-order valence-electron chi connectivity index (χ4n) is 5.17. The summed E-state index contributed by atoms with van der Waals surface area (Å²) in [7, 11) is -3.81.